The Bertz CT molecular complexity index is 404. The van der Waals surface area contributed by atoms with Crippen LogP contribution in [0.1, 0.15) is 32.9 Å². The first-order chi connectivity index (χ1) is 8.25. The van der Waals surface area contributed by atoms with Gasteiger partial charge in [-0.25, -0.2) is 4.98 Å². The van der Waals surface area contributed by atoms with E-state index >= 15 is 0 Å². The van der Waals surface area contributed by atoms with Crippen molar-refractivity contribution in [1.82, 2.24) is 4.98 Å². The predicted molar refractivity (Wildman–Crippen MR) is 66.2 cm³/mol. The third-order valence-electron chi connectivity index (χ3n) is 3.11. The first-order valence-electron chi connectivity index (χ1n) is 5.85. The number of pyridine rings is 1. The van der Waals surface area contributed by atoms with Gasteiger partial charge in [-0.2, -0.15) is 13.2 Å². The molecule has 6 heteroatoms. The average Bonchev–Trinajstić information content (AvgIpc) is 2.29. The highest BCUT2D eigenvalue weighted by atomic mass is 19.4. The van der Waals surface area contributed by atoms with Crippen molar-refractivity contribution in [2.24, 2.45) is 5.92 Å². The maximum atomic E-state index is 12.5. The van der Waals surface area contributed by atoms with E-state index in [1.165, 1.54) is 0 Å². The molecule has 2 atom stereocenters. The molecule has 1 rings (SSSR count). The zero-order chi connectivity index (χ0) is 13.9. The quantitative estimate of drug-likeness (QED) is 0.871. The molecule has 0 fully saturated rings. The number of anilines is 2. The van der Waals surface area contributed by atoms with Crippen LogP contribution in [0.2, 0.25) is 0 Å². The van der Waals surface area contributed by atoms with Crippen LogP contribution in [0.5, 0.6) is 0 Å². The highest BCUT2D eigenvalue weighted by Gasteiger charge is 2.33. The van der Waals surface area contributed by atoms with E-state index in [9.17, 15) is 13.2 Å². The highest BCUT2D eigenvalue weighted by molar-refractivity contribution is 5.65. The van der Waals surface area contributed by atoms with Gasteiger partial charge >= 0.3 is 6.18 Å². The molecule has 0 aliphatic carbocycles. The van der Waals surface area contributed by atoms with E-state index in [0.29, 0.717) is 5.92 Å². The molecule has 0 spiro atoms. The summed E-state index contributed by atoms with van der Waals surface area (Å²) in [5.41, 5.74) is 5.20. The van der Waals surface area contributed by atoms with E-state index in [1.54, 1.807) is 0 Å². The second kappa shape index (κ2) is 5.46. The van der Waals surface area contributed by atoms with Gasteiger partial charge in [0.1, 0.15) is 5.69 Å². The molecule has 0 saturated heterocycles. The summed E-state index contributed by atoms with van der Waals surface area (Å²) in [6.07, 6.45) is -2.48. The summed E-state index contributed by atoms with van der Waals surface area (Å²) in [7, 11) is 0. The maximum Gasteiger partial charge on any atom is 0.433 e. The van der Waals surface area contributed by atoms with Crippen LogP contribution in [0.25, 0.3) is 0 Å². The third-order valence-corrected chi connectivity index (χ3v) is 3.11. The topological polar surface area (TPSA) is 50.9 Å². The molecule has 0 aliphatic heterocycles. The lowest BCUT2D eigenvalue weighted by atomic mass is 10.0. The lowest BCUT2D eigenvalue weighted by molar-refractivity contribution is -0.141. The van der Waals surface area contributed by atoms with Gasteiger partial charge in [0, 0.05) is 6.04 Å². The van der Waals surface area contributed by atoms with Gasteiger partial charge in [-0.15, -0.1) is 0 Å². The number of hydrogen-bond acceptors (Lipinski definition) is 3. The fourth-order valence-electron chi connectivity index (χ4n) is 1.49. The maximum absolute atomic E-state index is 12.5. The molecule has 0 saturated carbocycles. The van der Waals surface area contributed by atoms with Crippen LogP contribution in [-0.4, -0.2) is 11.0 Å². The van der Waals surface area contributed by atoms with Crippen molar-refractivity contribution >= 4 is 11.4 Å². The summed E-state index contributed by atoms with van der Waals surface area (Å²) >= 11 is 0. The Labute approximate surface area is 105 Å². The number of halogens is 3. The van der Waals surface area contributed by atoms with Crippen LogP contribution in [0.4, 0.5) is 24.5 Å². The number of nitrogen functional groups attached to an aromatic ring is 1. The third kappa shape index (κ3) is 3.51. The lowest BCUT2D eigenvalue weighted by Crippen LogP contribution is -2.24. The first-order valence-corrected chi connectivity index (χ1v) is 5.85. The van der Waals surface area contributed by atoms with Crippen LogP contribution in [0.15, 0.2) is 12.3 Å². The first kappa shape index (κ1) is 14.6. The molecule has 102 valence electrons. The molecular formula is C12H18F3N3. The molecule has 0 amide bonds. The fraction of sp³-hybridized carbons (Fsp3) is 0.583. The minimum atomic E-state index is -4.45. The Morgan fingerprint density at radius 2 is 2.00 bits per heavy atom. The normalized spacial score (nSPS) is 15.2. The van der Waals surface area contributed by atoms with Crippen LogP contribution >= 0.6 is 0 Å². The highest BCUT2D eigenvalue weighted by Crippen LogP contribution is 2.31. The van der Waals surface area contributed by atoms with E-state index in [0.717, 1.165) is 18.7 Å². The van der Waals surface area contributed by atoms with Gasteiger partial charge in [0.05, 0.1) is 17.6 Å². The molecule has 0 aromatic carbocycles. The summed E-state index contributed by atoms with van der Waals surface area (Å²) in [5.74, 6) is 0.340. The molecule has 3 N–H and O–H groups in total. The van der Waals surface area contributed by atoms with Crippen molar-refractivity contribution in [3.05, 3.63) is 18.0 Å². The molecule has 1 aromatic rings. The van der Waals surface area contributed by atoms with E-state index in [1.807, 2.05) is 20.8 Å². The van der Waals surface area contributed by atoms with Gasteiger partial charge in [0.25, 0.3) is 0 Å². The number of hydrogen-bond donors (Lipinski definition) is 2. The predicted octanol–water partition coefficient (Wildman–Crippen LogP) is 3.53. The number of nitrogens with two attached hydrogens (primary N) is 1. The largest absolute Gasteiger partial charge is 0.433 e. The summed E-state index contributed by atoms with van der Waals surface area (Å²) in [5, 5.41) is 3.01. The van der Waals surface area contributed by atoms with E-state index in [4.69, 9.17) is 5.73 Å². The number of rotatable bonds is 4. The van der Waals surface area contributed by atoms with Gasteiger partial charge in [-0.1, -0.05) is 20.3 Å². The van der Waals surface area contributed by atoms with Crippen LogP contribution in [-0.2, 0) is 6.18 Å². The molecule has 18 heavy (non-hydrogen) atoms. The molecule has 1 heterocycles. The van der Waals surface area contributed by atoms with Crippen LogP contribution in [0.3, 0.4) is 0 Å². The van der Waals surface area contributed by atoms with Gasteiger partial charge in [-0.05, 0) is 18.9 Å². The van der Waals surface area contributed by atoms with E-state index in [-0.39, 0.29) is 17.4 Å². The molecule has 0 radical (unpaired) electrons. The Kier molecular flexibility index (Phi) is 4.43. The van der Waals surface area contributed by atoms with Crippen molar-refractivity contribution in [2.45, 2.75) is 39.4 Å². The Hall–Kier alpha value is -1.46. The standard InChI is InChI=1S/C12H18F3N3/c1-4-7(2)8(3)18-10-5-11(12(13,14)15)17-6-9(10)16/h5-8H,4,16H2,1-3H3,(H,17,18). The Balaban J connectivity index is 2.95. The molecular weight excluding hydrogens is 243 g/mol. The SMILES string of the molecule is CCC(C)C(C)Nc1cc(C(F)(F)F)ncc1N. The fourth-order valence-corrected chi connectivity index (χ4v) is 1.49. The molecule has 2 unspecified atom stereocenters. The summed E-state index contributed by atoms with van der Waals surface area (Å²) in [4.78, 5) is 3.29. The number of aromatic nitrogens is 1. The number of nitrogens with zero attached hydrogens (tertiary/aromatic N) is 1. The monoisotopic (exact) mass is 261 g/mol. The summed E-state index contributed by atoms with van der Waals surface area (Å²) in [6.45, 7) is 5.97. The zero-order valence-corrected chi connectivity index (χ0v) is 10.7. The van der Waals surface area contributed by atoms with E-state index in [2.05, 4.69) is 10.3 Å². The van der Waals surface area contributed by atoms with Crippen molar-refractivity contribution < 1.29 is 13.2 Å². The number of alkyl halides is 3. The molecule has 0 aliphatic rings. The Morgan fingerprint density at radius 1 is 1.39 bits per heavy atom. The second-order valence-corrected chi connectivity index (χ2v) is 4.47. The van der Waals surface area contributed by atoms with Crippen molar-refractivity contribution in [3.8, 4) is 0 Å². The molecule has 0 bridgehead atoms. The van der Waals surface area contributed by atoms with Crippen LogP contribution < -0.4 is 11.1 Å². The Morgan fingerprint density at radius 3 is 2.50 bits per heavy atom. The minimum absolute atomic E-state index is 0.0424. The lowest BCUT2D eigenvalue weighted by Gasteiger charge is -2.22. The van der Waals surface area contributed by atoms with Gasteiger partial charge < -0.3 is 11.1 Å². The van der Waals surface area contributed by atoms with Gasteiger partial charge in [0.2, 0.25) is 0 Å². The van der Waals surface area contributed by atoms with Crippen molar-refractivity contribution in [3.63, 3.8) is 0 Å². The zero-order valence-electron chi connectivity index (χ0n) is 10.7. The van der Waals surface area contributed by atoms with E-state index < -0.39 is 11.9 Å². The summed E-state index contributed by atoms with van der Waals surface area (Å²) in [6, 6.07) is 0.995. The minimum Gasteiger partial charge on any atom is -0.396 e. The van der Waals surface area contributed by atoms with Gasteiger partial charge in [-0.3, -0.25) is 0 Å². The molecule has 3 nitrogen and oxygen atoms in total. The number of nitrogens with one attached hydrogen (secondary N) is 1. The summed E-state index contributed by atoms with van der Waals surface area (Å²) < 4.78 is 37.6. The second-order valence-electron chi connectivity index (χ2n) is 4.47. The van der Waals surface area contributed by atoms with Crippen molar-refractivity contribution in [2.75, 3.05) is 11.1 Å². The van der Waals surface area contributed by atoms with Gasteiger partial charge in [0.15, 0.2) is 0 Å². The smallest absolute Gasteiger partial charge is 0.396 e. The van der Waals surface area contributed by atoms with Crippen LogP contribution in [0, 0.1) is 5.92 Å². The van der Waals surface area contributed by atoms with Crippen molar-refractivity contribution in [1.29, 1.82) is 0 Å². The average molecular weight is 261 g/mol. The molecule has 1 aromatic heterocycles.